The van der Waals surface area contributed by atoms with Gasteiger partial charge in [-0.3, -0.25) is 0 Å². The standard InChI is InChI=1S/C18H25Cl2N5O/c1-17(2,3)26-10-9-18(4,5)23-16-22-15(21)14(24-25-16)11-7-6-8-12(19)13(11)20/h6-8H,9-10H2,1-5H3,(H3,21,22,23,25). The van der Waals surface area contributed by atoms with Crippen LogP contribution in [0.4, 0.5) is 11.8 Å². The predicted molar refractivity (Wildman–Crippen MR) is 108 cm³/mol. The lowest BCUT2D eigenvalue weighted by Gasteiger charge is -2.28. The maximum absolute atomic E-state index is 6.23. The molecular formula is C18H25Cl2N5O. The van der Waals surface area contributed by atoms with Crippen molar-refractivity contribution in [3.63, 3.8) is 0 Å². The summed E-state index contributed by atoms with van der Waals surface area (Å²) in [4.78, 5) is 4.31. The Balaban J connectivity index is 2.13. The first kappa shape index (κ1) is 20.7. The molecule has 1 aromatic carbocycles. The van der Waals surface area contributed by atoms with E-state index < -0.39 is 0 Å². The summed E-state index contributed by atoms with van der Waals surface area (Å²) in [5.41, 5.74) is 6.61. The van der Waals surface area contributed by atoms with E-state index in [0.717, 1.165) is 6.42 Å². The molecule has 0 amide bonds. The molecule has 0 fully saturated rings. The Kier molecular flexibility index (Phi) is 6.32. The van der Waals surface area contributed by atoms with Crippen molar-refractivity contribution in [3.05, 3.63) is 28.2 Å². The van der Waals surface area contributed by atoms with Gasteiger partial charge in [0.1, 0.15) is 5.69 Å². The molecule has 0 unspecified atom stereocenters. The molecule has 6 nitrogen and oxygen atoms in total. The first-order valence-electron chi connectivity index (χ1n) is 8.35. The van der Waals surface area contributed by atoms with E-state index in [2.05, 4.69) is 20.5 Å². The van der Waals surface area contributed by atoms with Crippen LogP contribution in [0.25, 0.3) is 11.3 Å². The summed E-state index contributed by atoms with van der Waals surface area (Å²) >= 11 is 12.3. The summed E-state index contributed by atoms with van der Waals surface area (Å²) in [6, 6.07) is 5.24. The van der Waals surface area contributed by atoms with E-state index in [9.17, 15) is 0 Å². The number of nitrogens with zero attached hydrogens (tertiary/aromatic N) is 3. The van der Waals surface area contributed by atoms with Gasteiger partial charge in [0.15, 0.2) is 5.82 Å². The quantitative estimate of drug-likeness (QED) is 0.725. The minimum absolute atomic E-state index is 0.170. The fourth-order valence-corrected chi connectivity index (χ4v) is 2.64. The van der Waals surface area contributed by atoms with Crippen molar-refractivity contribution >= 4 is 35.0 Å². The van der Waals surface area contributed by atoms with E-state index in [1.54, 1.807) is 18.2 Å². The number of benzene rings is 1. The SMILES string of the molecule is CC(C)(CCOC(C)(C)C)Nc1nnc(-c2cccc(Cl)c2Cl)c(N)n1. The summed E-state index contributed by atoms with van der Waals surface area (Å²) in [5, 5.41) is 12.4. The number of nitrogens with one attached hydrogen (secondary N) is 1. The van der Waals surface area contributed by atoms with Crippen molar-refractivity contribution in [3.8, 4) is 11.3 Å². The Labute approximate surface area is 164 Å². The zero-order chi connectivity index (χ0) is 19.5. The summed E-state index contributed by atoms with van der Waals surface area (Å²) in [5.74, 6) is 0.582. The van der Waals surface area contributed by atoms with E-state index >= 15 is 0 Å². The molecule has 8 heteroatoms. The second-order valence-electron chi connectivity index (χ2n) is 7.69. The molecule has 0 saturated carbocycles. The van der Waals surface area contributed by atoms with Gasteiger partial charge in [-0.05, 0) is 47.1 Å². The number of nitrogen functional groups attached to an aromatic ring is 1. The number of hydrogen-bond acceptors (Lipinski definition) is 6. The van der Waals surface area contributed by atoms with Crippen LogP contribution < -0.4 is 11.1 Å². The van der Waals surface area contributed by atoms with Gasteiger partial charge >= 0.3 is 0 Å². The highest BCUT2D eigenvalue weighted by Gasteiger charge is 2.22. The maximum atomic E-state index is 6.23. The van der Waals surface area contributed by atoms with Gasteiger partial charge in [-0.25, -0.2) is 0 Å². The smallest absolute Gasteiger partial charge is 0.245 e. The third-order valence-electron chi connectivity index (χ3n) is 3.63. The Morgan fingerprint density at radius 1 is 1.12 bits per heavy atom. The molecule has 3 N–H and O–H groups in total. The normalized spacial score (nSPS) is 12.3. The number of rotatable bonds is 6. The Bertz CT molecular complexity index is 775. The van der Waals surface area contributed by atoms with E-state index in [0.29, 0.717) is 33.9 Å². The molecule has 2 rings (SSSR count). The molecular weight excluding hydrogens is 373 g/mol. The van der Waals surface area contributed by atoms with Gasteiger partial charge in [0.05, 0.1) is 15.6 Å². The molecule has 0 aliphatic rings. The van der Waals surface area contributed by atoms with Crippen LogP contribution in [0.1, 0.15) is 41.0 Å². The fourth-order valence-electron chi connectivity index (χ4n) is 2.25. The zero-order valence-electron chi connectivity index (χ0n) is 15.7. The molecule has 1 heterocycles. The number of aromatic nitrogens is 3. The highest BCUT2D eigenvalue weighted by Crippen LogP contribution is 2.34. The number of hydrogen-bond donors (Lipinski definition) is 2. The topological polar surface area (TPSA) is 86.0 Å². The number of nitrogens with two attached hydrogens (primary N) is 1. The van der Waals surface area contributed by atoms with Crippen LogP contribution in [-0.2, 0) is 4.74 Å². The van der Waals surface area contributed by atoms with E-state index in [1.165, 1.54) is 0 Å². The summed E-state index contributed by atoms with van der Waals surface area (Å²) in [7, 11) is 0. The molecule has 0 spiro atoms. The van der Waals surface area contributed by atoms with Crippen LogP contribution in [0.15, 0.2) is 18.2 Å². The summed E-state index contributed by atoms with van der Waals surface area (Å²) < 4.78 is 5.78. The van der Waals surface area contributed by atoms with Crippen molar-refractivity contribution in [2.45, 2.75) is 52.2 Å². The molecule has 1 aromatic heterocycles. The molecule has 0 aliphatic carbocycles. The van der Waals surface area contributed by atoms with Gasteiger partial charge in [0.2, 0.25) is 5.95 Å². The van der Waals surface area contributed by atoms with Gasteiger partial charge in [-0.1, -0.05) is 35.3 Å². The molecule has 142 valence electrons. The molecule has 26 heavy (non-hydrogen) atoms. The molecule has 0 saturated heterocycles. The second kappa shape index (κ2) is 7.94. The maximum Gasteiger partial charge on any atom is 0.245 e. The third-order valence-corrected chi connectivity index (χ3v) is 4.45. The number of anilines is 2. The van der Waals surface area contributed by atoms with Crippen LogP contribution in [0, 0.1) is 0 Å². The Hall–Kier alpha value is -1.63. The van der Waals surface area contributed by atoms with Crippen molar-refractivity contribution in [1.82, 2.24) is 15.2 Å². The van der Waals surface area contributed by atoms with Crippen molar-refractivity contribution in [2.75, 3.05) is 17.7 Å². The monoisotopic (exact) mass is 397 g/mol. The minimum Gasteiger partial charge on any atom is -0.382 e. The van der Waals surface area contributed by atoms with Gasteiger partial charge in [0, 0.05) is 17.7 Å². The third kappa shape index (κ3) is 5.69. The van der Waals surface area contributed by atoms with Crippen molar-refractivity contribution < 1.29 is 4.74 Å². The highest BCUT2D eigenvalue weighted by atomic mass is 35.5. The van der Waals surface area contributed by atoms with Crippen LogP contribution in [-0.4, -0.2) is 32.9 Å². The van der Waals surface area contributed by atoms with Crippen molar-refractivity contribution in [1.29, 1.82) is 0 Å². The molecule has 0 atom stereocenters. The lowest BCUT2D eigenvalue weighted by atomic mass is 10.0. The Morgan fingerprint density at radius 2 is 1.81 bits per heavy atom. The number of halogens is 2. The van der Waals surface area contributed by atoms with E-state index in [1.807, 2.05) is 34.6 Å². The lowest BCUT2D eigenvalue weighted by Crippen LogP contribution is -2.34. The van der Waals surface area contributed by atoms with Gasteiger partial charge in [-0.15, -0.1) is 10.2 Å². The zero-order valence-corrected chi connectivity index (χ0v) is 17.2. The minimum atomic E-state index is -0.283. The summed E-state index contributed by atoms with van der Waals surface area (Å²) in [6.07, 6.45) is 0.773. The van der Waals surface area contributed by atoms with Gasteiger partial charge in [-0.2, -0.15) is 4.98 Å². The highest BCUT2D eigenvalue weighted by molar-refractivity contribution is 6.43. The largest absolute Gasteiger partial charge is 0.382 e. The average molecular weight is 398 g/mol. The van der Waals surface area contributed by atoms with Gasteiger partial charge < -0.3 is 15.8 Å². The summed E-state index contributed by atoms with van der Waals surface area (Å²) in [6.45, 7) is 10.8. The van der Waals surface area contributed by atoms with Gasteiger partial charge in [0.25, 0.3) is 0 Å². The molecule has 0 radical (unpaired) electrons. The van der Waals surface area contributed by atoms with Crippen LogP contribution in [0.3, 0.4) is 0 Å². The number of ether oxygens (including phenoxy) is 1. The van der Waals surface area contributed by atoms with E-state index in [-0.39, 0.29) is 17.0 Å². The first-order valence-corrected chi connectivity index (χ1v) is 9.11. The first-order chi connectivity index (χ1) is 12.0. The molecule has 0 aliphatic heterocycles. The second-order valence-corrected chi connectivity index (χ2v) is 8.48. The fraction of sp³-hybridized carbons (Fsp3) is 0.500. The van der Waals surface area contributed by atoms with Crippen LogP contribution in [0.2, 0.25) is 10.0 Å². The van der Waals surface area contributed by atoms with E-state index in [4.69, 9.17) is 33.7 Å². The lowest BCUT2D eigenvalue weighted by molar-refractivity contribution is -0.00849. The predicted octanol–water partition coefficient (Wildman–Crippen LogP) is 4.82. The Morgan fingerprint density at radius 3 is 2.42 bits per heavy atom. The van der Waals surface area contributed by atoms with Crippen molar-refractivity contribution in [2.24, 2.45) is 0 Å². The van der Waals surface area contributed by atoms with Crippen LogP contribution in [0.5, 0.6) is 0 Å². The molecule has 0 bridgehead atoms. The average Bonchev–Trinajstić information content (AvgIpc) is 2.49. The molecule has 2 aromatic rings. The van der Waals surface area contributed by atoms with Crippen LogP contribution >= 0.6 is 23.2 Å².